The lowest BCUT2D eigenvalue weighted by molar-refractivity contribution is -0.0556. The molecule has 1 aromatic carbocycles. The van der Waals surface area contributed by atoms with Crippen molar-refractivity contribution in [1.29, 1.82) is 0 Å². The average molecular weight is 215 g/mol. The first-order valence-electron chi connectivity index (χ1n) is 4.89. The zero-order valence-corrected chi connectivity index (χ0v) is 8.63. The lowest BCUT2D eigenvalue weighted by Gasteiger charge is -2.13. The summed E-state index contributed by atoms with van der Waals surface area (Å²) in [5.41, 5.74) is 0.805. The first-order valence-corrected chi connectivity index (χ1v) is 4.89. The Kier molecular flexibility index (Phi) is 4.17. The molecule has 4 heteroatoms. The van der Waals surface area contributed by atoms with Crippen LogP contribution >= 0.6 is 0 Å². The summed E-state index contributed by atoms with van der Waals surface area (Å²) in [6, 6.07) is 5.98. The molecule has 0 aromatic heterocycles. The van der Waals surface area contributed by atoms with Crippen molar-refractivity contribution in [3.05, 3.63) is 35.4 Å². The van der Waals surface area contributed by atoms with E-state index in [1.807, 2.05) is 6.92 Å². The average Bonchev–Trinajstić information content (AvgIpc) is 2.27. The lowest BCUT2D eigenvalue weighted by atomic mass is 10.1. The summed E-state index contributed by atoms with van der Waals surface area (Å²) in [5, 5.41) is 11.6. The number of benzene rings is 1. The number of hydrogen-bond donors (Lipinski definition) is 2. The van der Waals surface area contributed by atoms with Crippen molar-refractivity contribution < 1.29 is 13.9 Å². The van der Waals surface area contributed by atoms with E-state index in [2.05, 4.69) is 5.32 Å². The molecule has 0 bridgehead atoms. The van der Waals surface area contributed by atoms with Crippen LogP contribution in [0.4, 0.5) is 8.78 Å². The van der Waals surface area contributed by atoms with E-state index >= 15 is 0 Å². The van der Waals surface area contributed by atoms with Gasteiger partial charge in [-0.3, -0.25) is 0 Å². The van der Waals surface area contributed by atoms with E-state index in [0.717, 1.165) is 12.1 Å². The van der Waals surface area contributed by atoms with Crippen LogP contribution in [0.25, 0.3) is 0 Å². The molecule has 2 N–H and O–H groups in total. The Morgan fingerprint density at radius 1 is 1.27 bits per heavy atom. The van der Waals surface area contributed by atoms with Gasteiger partial charge in [-0.25, -0.2) is 0 Å². The van der Waals surface area contributed by atoms with Gasteiger partial charge in [-0.05, 0) is 12.1 Å². The third-order valence-electron chi connectivity index (χ3n) is 2.15. The van der Waals surface area contributed by atoms with E-state index in [1.54, 1.807) is 12.1 Å². The minimum Gasteiger partial charge on any atom is -0.390 e. The molecule has 0 heterocycles. The van der Waals surface area contributed by atoms with Crippen LogP contribution in [0.5, 0.6) is 0 Å². The second-order valence-corrected chi connectivity index (χ2v) is 3.34. The molecule has 0 fully saturated rings. The maximum absolute atomic E-state index is 13.0. The predicted molar refractivity (Wildman–Crippen MR) is 54.8 cm³/mol. The fourth-order valence-corrected chi connectivity index (χ4v) is 1.23. The minimum absolute atomic E-state index is 0.148. The topological polar surface area (TPSA) is 32.3 Å². The molecule has 0 spiro atoms. The molecule has 15 heavy (non-hydrogen) atoms. The van der Waals surface area contributed by atoms with Gasteiger partial charge in [-0.2, -0.15) is 8.78 Å². The van der Waals surface area contributed by atoms with E-state index < -0.39 is 12.5 Å². The van der Waals surface area contributed by atoms with Gasteiger partial charge in [0.2, 0.25) is 0 Å². The Hall–Kier alpha value is -1.00. The smallest absolute Gasteiger partial charge is 0.295 e. The van der Waals surface area contributed by atoms with Gasteiger partial charge in [0, 0.05) is 12.1 Å². The third-order valence-corrected chi connectivity index (χ3v) is 2.15. The molecule has 0 aliphatic carbocycles. The van der Waals surface area contributed by atoms with E-state index in [4.69, 9.17) is 5.11 Å². The van der Waals surface area contributed by atoms with Crippen molar-refractivity contribution in [3.8, 4) is 0 Å². The molecule has 0 saturated carbocycles. The van der Waals surface area contributed by atoms with Gasteiger partial charge in [0.15, 0.2) is 0 Å². The van der Waals surface area contributed by atoms with Crippen molar-refractivity contribution in [2.75, 3.05) is 13.2 Å². The van der Waals surface area contributed by atoms with Crippen molar-refractivity contribution in [2.24, 2.45) is 0 Å². The molecule has 1 aromatic rings. The highest BCUT2D eigenvalue weighted by molar-refractivity contribution is 5.25. The van der Waals surface area contributed by atoms with Gasteiger partial charge in [-0.15, -0.1) is 0 Å². The summed E-state index contributed by atoms with van der Waals surface area (Å²) in [6.45, 7) is 2.34. The van der Waals surface area contributed by atoms with Crippen LogP contribution in [0.2, 0.25) is 0 Å². The minimum atomic E-state index is -3.14. The monoisotopic (exact) mass is 215 g/mol. The largest absolute Gasteiger partial charge is 0.390 e. The summed E-state index contributed by atoms with van der Waals surface area (Å²) >= 11 is 0. The number of hydrogen-bond acceptors (Lipinski definition) is 2. The van der Waals surface area contributed by atoms with Crippen LogP contribution in [0.3, 0.4) is 0 Å². The highest BCUT2D eigenvalue weighted by Gasteiger charge is 2.29. The Labute approximate surface area is 87.9 Å². The molecule has 0 aliphatic heterocycles. The predicted octanol–water partition coefficient (Wildman–Crippen LogP) is 1.88. The number of nitrogens with one attached hydrogen (secondary N) is 1. The Bertz CT molecular complexity index is 298. The van der Waals surface area contributed by atoms with Crippen molar-refractivity contribution in [1.82, 2.24) is 5.32 Å². The fourth-order valence-electron chi connectivity index (χ4n) is 1.23. The van der Waals surface area contributed by atoms with Crippen molar-refractivity contribution >= 4 is 0 Å². The van der Waals surface area contributed by atoms with Crippen LogP contribution in [0, 0.1) is 0 Å². The van der Waals surface area contributed by atoms with Crippen molar-refractivity contribution in [2.45, 2.75) is 19.4 Å². The summed E-state index contributed by atoms with van der Waals surface area (Å²) in [4.78, 5) is 0. The molecule has 84 valence electrons. The van der Waals surface area contributed by atoms with Crippen LogP contribution in [-0.2, 0) is 12.5 Å². The molecule has 0 saturated heterocycles. The van der Waals surface area contributed by atoms with E-state index in [9.17, 15) is 8.78 Å². The van der Waals surface area contributed by atoms with Gasteiger partial charge in [0.25, 0.3) is 5.92 Å². The van der Waals surface area contributed by atoms with E-state index in [1.165, 1.54) is 12.1 Å². The third kappa shape index (κ3) is 3.25. The Morgan fingerprint density at radius 2 is 1.87 bits per heavy atom. The second-order valence-electron chi connectivity index (χ2n) is 3.34. The number of aliphatic hydroxyl groups excluding tert-OH is 1. The van der Waals surface area contributed by atoms with Gasteiger partial charge >= 0.3 is 0 Å². The molecule has 0 unspecified atom stereocenters. The SMILES string of the molecule is CCNCc1ccc(C(F)(F)CO)cc1. The molecular formula is C11H15F2NO. The van der Waals surface area contributed by atoms with E-state index in [0.29, 0.717) is 6.54 Å². The summed E-state index contributed by atoms with van der Waals surface area (Å²) < 4.78 is 26.0. The number of rotatable bonds is 5. The fraction of sp³-hybridized carbons (Fsp3) is 0.455. The maximum Gasteiger partial charge on any atom is 0.295 e. The van der Waals surface area contributed by atoms with E-state index in [-0.39, 0.29) is 5.56 Å². The highest BCUT2D eigenvalue weighted by atomic mass is 19.3. The van der Waals surface area contributed by atoms with Gasteiger partial charge in [0.05, 0.1) is 0 Å². The number of halogens is 2. The number of alkyl halides is 2. The molecular weight excluding hydrogens is 200 g/mol. The van der Waals surface area contributed by atoms with Crippen molar-refractivity contribution in [3.63, 3.8) is 0 Å². The van der Waals surface area contributed by atoms with Crippen LogP contribution < -0.4 is 5.32 Å². The van der Waals surface area contributed by atoms with Gasteiger partial charge in [-0.1, -0.05) is 31.2 Å². The standard InChI is InChI=1S/C11H15F2NO/c1-2-14-7-9-3-5-10(6-4-9)11(12,13)8-15/h3-6,14-15H,2,7-8H2,1H3. The van der Waals surface area contributed by atoms with Crippen LogP contribution in [-0.4, -0.2) is 18.3 Å². The highest BCUT2D eigenvalue weighted by Crippen LogP contribution is 2.26. The summed E-state index contributed by atoms with van der Waals surface area (Å²) in [5.74, 6) is -3.14. The zero-order valence-electron chi connectivity index (χ0n) is 8.63. The maximum atomic E-state index is 13.0. The van der Waals surface area contributed by atoms with Gasteiger partial charge < -0.3 is 10.4 Å². The molecule has 1 rings (SSSR count). The zero-order chi connectivity index (χ0) is 11.3. The number of aliphatic hydroxyl groups is 1. The summed E-state index contributed by atoms with van der Waals surface area (Å²) in [7, 11) is 0. The summed E-state index contributed by atoms with van der Waals surface area (Å²) in [6.07, 6.45) is 0. The van der Waals surface area contributed by atoms with Gasteiger partial charge in [0.1, 0.15) is 6.61 Å². The molecule has 0 amide bonds. The molecule has 0 atom stereocenters. The Balaban J connectivity index is 2.72. The first-order chi connectivity index (χ1) is 7.10. The lowest BCUT2D eigenvalue weighted by Crippen LogP contribution is -2.18. The van der Waals surface area contributed by atoms with Crippen LogP contribution in [0.15, 0.2) is 24.3 Å². The normalized spacial score (nSPS) is 11.7. The molecule has 2 nitrogen and oxygen atoms in total. The quantitative estimate of drug-likeness (QED) is 0.786. The second kappa shape index (κ2) is 5.19. The first kappa shape index (κ1) is 12.1. The molecule has 0 aliphatic rings. The molecule has 0 radical (unpaired) electrons. The Morgan fingerprint density at radius 3 is 2.33 bits per heavy atom. The van der Waals surface area contributed by atoms with Crippen LogP contribution in [0.1, 0.15) is 18.1 Å².